The first-order valence-electron chi connectivity index (χ1n) is 11.1. The van der Waals surface area contributed by atoms with Crippen LogP contribution in [-0.4, -0.2) is 61.2 Å². The van der Waals surface area contributed by atoms with Gasteiger partial charge in [-0.3, -0.25) is 0 Å². The van der Waals surface area contributed by atoms with Gasteiger partial charge in [0.05, 0.1) is 0 Å². The molecule has 1 aromatic heterocycles. The lowest BCUT2D eigenvalue weighted by Crippen LogP contribution is -2.44. The number of benzene rings is 1. The Morgan fingerprint density at radius 3 is 2.65 bits per heavy atom. The third-order valence-corrected chi connectivity index (χ3v) is 5.44. The van der Waals surface area contributed by atoms with Crippen molar-refractivity contribution in [1.29, 1.82) is 5.26 Å². The Bertz CT molecular complexity index is 890. The number of nitrogens with zero attached hydrogens (tertiary/aromatic N) is 5. The topological polar surface area (TPSA) is 80.1 Å². The van der Waals surface area contributed by atoms with Crippen molar-refractivity contribution in [3.63, 3.8) is 0 Å². The Balaban J connectivity index is 1.54. The van der Waals surface area contributed by atoms with E-state index in [1.807, 2.05) is 6.07 Å². The van der Waals surface area contributed by atoms with Gasteiger partial charge in [-0.15, -0.1) is 0 Å². The zero-order valence-corrected chi connectivity index (χ0v) is 19.3. The van der Waals surface area contributed by atoms with Gasteiger partial charge in [0.15, 0.2) is 0 Å². The highest BCUT2D eigenvalue weighted by Gasteiger charge is 2.15. The van der Waals surface area contributed by atoms with E-state index >= 15 is 0 Å². The molecule has 0 amide bonds. The van der Waals surface area contributed by atoms with E-state index < -0.39 is 0 Å². The van der Waals surface area contributed by atoms with Crippen LogP contribution >= 0.6 is 0 Å². The number of rotatable bonds is 8. The second kappa shape index (κ2) is 10.6. The van der Waals surface area contributed by atoms with E-state index in [2.05, 4.69) is 82.5 Å². The minimum atomic E-state index is 0.122. The largest absolute Gasteiger partial charge is 0.369 e. The van der Waals surface area contributed by atoms with Crippen LogP contribution in [0.4, 0.5) is 11.5 Å². The standard InChI is InChI=1S/C24H35N7/c1-24(2,3)18-28-23-20(17-27-22(15-25)29-23)16-26-9-8-19-6-5-7-21(14-19)31-12-10-30(4)11-13-31/h5-7,14,17,26H,8-13,16,18H2,1-4H3,(H,27,28,29). The van der Waals surface area contributed by atoms with Crippen LogP contribution in [0, 0.1) is 16.7 Å². The Kier molecular flexibility index (Phi) is 7.83. The summed E-state index contributed by atoms with van der Waals surface area (Å²) >= 11 is 0. The first-order valence-corrected chi connectivity index (χ1v) is 11.1. The first-order chi connectivity index (χ1) is 14.8. The predicted molar refractivity (Wildman–Crippen MR) is 126 cm³/mol. The van der Waals surface area contributed by atoms with Crippen molar-refractivity contribution in [2.45, 2.75) is 33.7 Å². The summed E-state index contributed by atoms with van der Waals surface area (Å²) in [5.41, 5.74) is 3.76. The van der Waals surface area contributed by atoms with E-state index in [-0.39, 0.29) is 11.2 Å². The molecule has 0 radical (unpaired) electrons. The molecule has 0 saturated carbocycles. The Morgan fingerprint density at radius 1 is 1.16 bits per heavy atom. The molecule has 1 aliphatic heterocycles. The van der Waals surface area contributed by atoms with E-state index in [0.717, 1.165) is 57.1 Å². The molecule has 1 aliphatic rings. The molecule has 0 unspecified atom stereocenters. The Hall–Kier alpha value is -2.69. The minimum absolute atomic E-state index is 0.122. The van der Waals surface area contributed by atoms with Crippen LogP contribution in [0.3, 0.4) is 0 Å². The maximum Gasteiger partial charge on any atom is 0.234 e. The third kappa shape index (κ3) is 7.20. The zero-order chi connectivity index (χ0) is 22.3. The van der Waals surface area contributed by atoms with Crippen LogP contribution in [0.5, 0.6) is 0 Å². The quantitative estimate of drug-likeness (QED) is 0.635. The average molecular weight is 422 g/mol. The fourth-order valence-corrected chi connectivity index (χ4v) is 3.52. The minimum Gasteiger partial charge on any atom is -0.369 e. The van der Waals surface area contributed by atoms with Gasteiger partial charge in [0.25, 0.3) is 0 Å². The fourth-order valence-electron chi connectivity index (χ4n) is 3.52. The highest BCUT2D eigenvalue weighted by atomic mass is 15.2. The van der Waals surface area contributed by atoms with Gasteiger partial charge in [0.1, 0.15) is 11.9 Å². The maximum absolute atomic E-state index is 9.13. The fraction of sp³-hybridized carbons (Fsp3) is 0.542. The number of hydrogen-bond donors (Lipinski definition) is 2. The molecular formula is C24H35N7. The first kappa shape index (κ1) is 23.0. The lowest BCUT2D eigenvalue weighted by molar-refractivity contribution is 0.313. The van der Waals surface area contributed by atoms with E-state index in [0.29, 0.717) is 6.54 Å². The number of aromatic nitrogens is 2. The van der Waals surface area contributed by atoms with Crippen LogP contribution in [0.2, 0.25) is 0 Å². The summed E-state index contributed by atoms with van der Waals surface area (Å²) in [5, 5.41) is 16.0. The summed E-state index contributed by atoms with van der Waals surface area (Å²) in [5.74, 6) is 0.937. The van der Waals surface area contributed by atoms with E-state index in [9.17, 15) is 0 Å². The van der Waals surface area contributed by atoms with Crippen LogP contribution < -0.4 is 15.5 Å². The number of nitriles is 1. The summed E-state index contributed by atoms with van der Waals surface area (Å²) in [6.07, 6.45) is 2.71. The highest BCUT2D eigenvalue weighted by Crippen LogP contribution is 2.19. The molecule has 0 atom stereocenters. The lowest BCUT2D eigenvalue weighted by atomic mass is 9.97. The molecule has 7 nitrogen and oxygen atoms in total. The number of hydrogen-bond acceptors (Lipinski definition) is 7. The summed E-state index contributed by atoms with van der Waals surface area (Å²) in [4.78, 5) is 13.4. The smallest absolute Gasteiger partial charge is 0.234 e. The van der Waals surface area contributed by atoms with Gasteiger partial charge in [-0.2, -0.15) is 5.26 Å². The summed E-state index contributed by atoms with van der Waals surface area (Å²) in [6, 6.07) is 10.9. The molecule has 7 heteroatoms. The monoisotopic (exact) mass is 421 g/mol. The second-order valence-corrected chi connectivity index (χ2v) is 9.48. The van der Waals surface area contributed by atoms with Gasteiger partial charge in [-0.05, 0) is 43.1 Å². The molecule has 1 saturated heterocycles. The van der Waals surface area contributed by atoms with Gasteiger partial charge < -0.3 is 20.4 Å². The average Bonchev–Trinajstić information content (AvgIpc) is 2.76. The van der Waals surface area contributed by atoms with E-state index in [1.54, 1.807) is 6.20 Å². The Labute approximate surface area is 186 Å². The predicted octanol–water partition coefficient (Wildman–Crippen LogP) is 2.89. The Morgan fingerprint density at radius 2 is 1.94 bits per heavy atom. The van der Waals surface area contributed by atoms with Crippen LogP contribution in [0.25, 0.3) is 0 Å². The molecule has 3 rings (SSSR count). The molecule has 0 aliphatic carbocycles. The van der Waals surface area contributed by atoms with Crippen molar-refractivity contribution in [1.82, 2.24) is 20.2 Å². The molecule has 0 spiro atoms. The highest BCUT2D eigenvalue weighted by molar-refractivity contribution is 5.49. The molecule has 2 aromatic rings. The molecule has 1 fully saturated rings. The number of anilines is 2. The molecule has 2 heterocycles. The van der Waals surface area contributed by atoms with Gasteiger partial charge in [-0.25, -0.2) is 9.97 Å². The number of likely N-dealkylation sites (N-methyl/N-ethyl adjacent to an activating group) is 1. The van der Waals surface area contributed by atoms with Crippen molar-refractivity contribution in [3.8, 4) is 6.07 Å². The molecule has 0 bridgehead atoms. The summed E-state index contributed by atoms with van der Waals surface area (Å²) < 4.78 is 0. The van der Waals surface area contributed by atoms with Crippen molar-refractivity contribution in [3.05, 3.63) is 47.4 Å². The number of nitrogens with one attached hydrogen (secondary N) is 2. The maximum atomic E-state index is 9.13. The molecule has 31 heavy (non-hydrogen) atoms. The van der Waals surface area contributed by atoms with Gasteiger partial charge in [0.2, 0.25) is 5.82 Å². The van der Waals surface area contributed by atoms with Crippen molar-refractivity contribution >= 4 is 11.5 Å². The van der Waals surface area contributed by atoms with Crippen LogP contribution in [0.1, 0.15) is 37.7 Å². The molecular weight excluding hydrogens is 386 g/mol. The van der Waals surface area contributed by atoms with E-state index in [4.69, 9.17) is 5.26 Å². The lowest BCUT2D eigenvalue weighted by Gasteiger charge is -2.34. The molecule has 1 aromatic carbocycles. The normalized spacial score (nSPS) is 15.0. The second-order valence-electron chi connectivity index (χ2n) is 9.48. The van der Waals surface area contributed by atoms with Crippen molar-refractivity contribution in [2.24, 2.45) is 5.41 Å². The van der Waals surface area contributed by atoms with E-state index in [1.165, 1.54) is 11.3 Å². The summed E-state index contributed by atoms with van der Waals surface area (Å²) in [7, 11) is 2.18. The number of piperazine rings is 1. The molecule has 2 N–H and O–H groups in total. The molecule has 166 valence electrons. The van der Waals surface area contributed by atoms with Gasteiger partial charge in [0, 0.05) is 56.7 Å². The third-order valence-electron chi connectivity index (χ3n) is 5.44. The van der Waals surface area contributed by atoms with Gasteiger partial charge in [-0.1, -0.05) is 32.9 Å². The van der Waals surface area contributed by atoms with Crippen molar-refractivity contribution in [2.75, 3.05) is 56.5 Å². The summed E-state index contributed by atoms with van der Waals surface area (Å²) in [6.45, 7) is 13.2. The van der Waals surface area contributed by atoms with Crippen LogP contribution in [0.15, 0.2) is 30.5 Å². The van der Waals surface area contributed by atoms with Crippen LogP contribution in [-0.2, 0) is 13.0 Å². The SMILES string of the molecule is CN1CCN(c2cccc(CCNCc3cnc(C#N)nc3NCC(C)(C)C)c2)CC1. The zero-order valence-electron chi connectivity index (χ0n) is 19.3. The van der Waals surface area contributed by atoms with Gasteiger partial charge >= 0.3 is 0 Å². The van der Waals surface area contributed by atoms with Crippen molar-refractivity contribution < 1.29 is 0 Å².